The summed E-state index contributed by atoms with van der Waals surface area (Å²) >= 11 is 0. The van der Waals surface area contributed by atoms with Crippen LogP contribution >= 0.6 is 0 Å². The highest BCUT2D eigenvalue weighted by molar-refractivity contribution is 5.81. The minimum Gasteiger partial charge on any atom is -0.436 e. The first-order chi connectivity index (χ1) is 9.78. The second kappa shape index (κ2) is 4.98. The molecule has 3 rings (SSSR count). The SMILES string of the molecule is Cc1ncccc1Oc1nc2ccccc2cc1C#N. The number of hydrogen-bond acceptors (Lipinski definition) is 4. The fourth-order valence-electron chi connectivity index (χ4n) is 1.94. The topological polar surface area (TPSA) is 58.8 Å². The molecule has 4 heteroatoms. The molecular formula is C16H11N3O. The van der Waals surface area contributed by atoms with E-state index in [1.165, 1.54) is 0 Å². The molecule has 0 fully saturated rings. The van der Waals surface area contributed by atoms with Gasteiger partial charge in [0.25, 0.3) is 0 Å². The number of ether oxygens (including phenoxy) is 1. The van der Waals surface area contributed by atoms with E-state index in [1.807, 2.05) is 31.2 Å². The third-order valence-electron chi connectivity index (χ3n) is 2.97. The number of fused-ring (bicyclic) bond motifs is 1. The molecule has 0 bridgehead atoms. The highest BCUT2D eigenvalue weighted by atomic mass is 16.5. The highest BCUT2D eigenvalue weighted by Crippen LogP contribution is 2.27. The van der Waals surface area contributed by atoms with E-state index in [4.69, 9.17) is 4.74 Å². The van der Waals surface area contributed by atoms with Crippen molar-refractivity contribution in [2.24, 2.45) is 0 Å². The molecule has 20 heavy (non-hydrogen) atoms. The lowest BCUT2D eigenvalue weighted by Crippen LogP contribution is -1.95. The van der Waals surface area contributed by atoms with E-state index in [-0.39, 0.29) is 0 Å². The number of aryl methyl sites for hydroxylation is 1. The third kappa shape index (κ3) is 2.17. The van der Waals surface area contributed by atoms with Crippen molar-refractivity contribution in [1.29, 1.82) is 5.26 Å². The van der Waals surface area contributed by atoms with E-state index < -0.39 is 0 Å². The quantitative estimate of drug-likeness (QED) is 0.707. The average molecular weight is 261 g/mol. The standard InChI is InChI=1S/C16H11N3O/c1-11-15(7-4-8-18-11)20-16-13(10-17)9-12-5-2-3-6-14(12)19-16/h2-9H,1H3. The number of hydrogen-bond donors (Lipinski definition) is 0. The molecule has 0 aliphatic rings. The van der Waals surface area contributed by atoms with Gasteiger partial charge >= 0.3 is 0 Å². The Morgan fingerprint density at radius 3 is 2.80 bits per heavy atom. The molecule has 2 heterocycles. The summed E-state index contributed by atoms with van der Waals surface area (Å²) < 4.78 is 5.74. The van der Waals surface area contributed by atoms with Crippen LogP contribution in [0.1, 0.15) is 11.3 Å². The van der Waals surface area contributed by atoms with Gasteiger partial charge in [-0.2, -0.15) is 5.26 Å². The van der Waals surface area contributed by atoms with Crippen LogP contribution in [0.5, 0.6) is 11.6 Å². The van der Waals surface area contributed by atoms with Crippen LogP contribution in [0.4, 0.5) is 0 Å². The molecule has 4 nitrogen and oxygen atoms in total. The van der Waals surface area contributed by atoms with E-state index in [2.05, 4.69) is 16.0 Å². The van der Waals surface area contributed by atoms with Crippen molar-refractivity contribution < 1.29 is 4.74 Å². The van der Waals surface area contributed by atoms with E-state index in [0.717, 1.165) is 16.6 Å². The minimum absolute atomic E-state index is 0.308. The molecule has 0 aliphatic carbocycles. The Kier molecular flexibility index (Phi) is 3.02. The maximum absolute atomic E-state index is 9.24. The summed E-state index contributed by atoms with van der Waals surface area (Å²) in [6.45, 7) is 1.85. The van der Waals surface area contributed by atoms with Crippen LogP contribution in [0, 0.1) is 18.3 Å². The number of benzene rings is 1. The Morgan fingerprint density at radius 1 is 1.15 bits per heavy atom. The van der Waals surface area contributed by atoms with E-state index in [1.54, 1.807) is 24.4 Å². The normalized spacial score (nSPS) is 10.2. The first kappa shape index (κ1) is 12.1. The number of nitriles is 1. The Bertz CT molecular complexity index is 821. The summed E-state index contributed by atoms with van der Waals surface area (Å²) in [7, 11) is 0. The third-order valence-corrected chi connectivity index (χ3v) is 2.97. The maximum atomic E-state index is 9.24. The molecule has 0 N–H and O–H groups in total. The van der Waals surface area contributed by atoms with Gasteiger partial charge in [-0.1, -0.05) is 18.2 Å². The minimum atomic E-state index is 0.308. The van der Waals surface area contributed by atoms with Gasteiger partial charge in [0.1, 0.15) is 11.6 Å². The Morgan fingerprint density at radius 2 is 2.00 bits per heavy atom. The number of nitrogens with zero attached hydrogens (tertiary/aromatic N) is 3. The van der Waals surface area contributed by atoms with Crippen LogP contribution in [0.25, 0.3) is 10.9 Å². The number of pyridine rings is 2. The van der Waals surface area contributed by atoms with Crippen LogP contribution in [-0.2, 0) is 0 Å². The van der Waals surface area contributed by atoms with E-state index >= 15 is 0 Å². The molecule has 0 aliphatic heterocycles. The summed E-state index contributed by atoms with van der Waals surface area (Å²) in [5.74, 6) is 0.911. The van der Waals surface area contributed by atoms with Crippen molar-refractivity contribution in [3.05, 3.63) is 59.9 Å². The smallest absolute Gasteiger partial charge is 0.237 e. The lowest BCUT2D eigenvalue weighted by Gasteiger charge is -2.09. The molecule has 0 radical (unpaired) electrons. The lowest BCUT2D eigenvalue weighted by atomic mass is 10.1. The van der Waals surface area contributed by atoms with Crippen molar-refractivity contribution in [3.63, 3.8) is 0 Å². The van der Waals surface area contributed by atoms with Gasteiger partial charge in [0, 0.05) is 11.6 Å². The zero-order chi connectivity index (χ0) is 13.9. The van der Waals surface area contributed by atoms with Crippen LogP contribution < -0.4 is 4.74 Å². The predicted molar refractivity (Wildman–Crippen MR) is 75.5 cm³/mol. The van der Waals surface area contributed by atoms with E-state index in [9.17, 15) is 5.26 Å². The molecule has 2 aromatic heterocycles. The fourth-order valence-corrected chi connectivity index (χ4v) is 1.94. The monoisotopic (exact) mass is 261 g/mol. The number of aromatic nitrogens is 2. The molecule has 0 saturated heterocycles. The Balaban J connectivity index is 2.11. The van der Waals surface area contributed by atoms with E-state index in [0.29, 0.717) is 17.2 Å². The Labute approximate surface area is 116 Å². The molecule has 0 amide bonds. The van der Waals surface area contributed by atoms with Crippen molar-refractivity contribution in [2.75, 3.05) is 0 Å². The largest absolute Gasteiger partial charge is 0.436 e. The molecule has 3 aromatic rings. The summed E-state index contributed by atoms with van der Waals surface area (Å²) in [6, 6.07) is 15.1. The van der Waals surface area contributed by atoms with Gasteiger partial charge < -0.3 is 4.74 Å². The molecule has 1 aromatic carbocycles. The zero-order valence-electron chi connectivity index (χ0n) is 10.9. The van der Waals surface area contributed by atoms with Crippen LogP contribution in [0.2, 0.25) is 0 Å². The molecule has 0 atom stereocenters. The predicted octanol–water partition coefficient (Wildman–Crippen LogP) is 3.60. The number of para-hydroxylation sites is 1. The van der Waals surface area contributed by atoms with Gasteiger partial charge in [-0.05, 0) is 31.2 Å². The van der Waals surface area contributed by atoms with Crippen LogP contribution in [0.15, 0.2) is 48.7 Å². The van der Waals surface area contributed by atoms with Gasteiger partial charge in [0.15, 0.2) is 5.75 Å². The summed E-state index contributed by atoms with van der Waals surface area (Å²) in [5, 5.41) is 10.2. The zero-order valence-corrected chi connectivity index (χ0v) is 10.9. The first-order valence-corrected chi connectivity index (χ1v) is 6.17. The van der Waals surface area contributed by atoms with Crippen molar-refractivity contribution in [3.8, 4) is 17.7 Å². The summed E-state index contributed by atoms with van der Waals surface area (Å²) in [5.41, 5.74) is 1.96. The van der Waals surface area contributed by atoms with Gasteiger partial charge in [-0.25, -0.2) is 4.98 Å². The molecule has 0 spiro atoms. The van der Waals surface area contributed by atoms with Gasteiger partial charge in [-0.3, -0.25) is 4.98 Å². The Hall–Kier alpha value is -2.93. The lowest BCUT2D eigenvalue weighted by molar-refractivity contribution is 0.457. The van der Waals surface area contributed by atoms with Crippen LogP contribution in [0.3, 0.4) is 0 Å². The first-order valence-electron chi connectivity index (χ1n) is 6.17. The van der Waals surface area contributed by atoms with Crippen molar-refractivity contribution in [2.45, 2.75) is 6.92 Å². The van der Waals surface area contributed by atoms with Gasteiger partial charge in [0.2, 0.25) is 5.88 Å². The van der Waals surface area contributed by atoms with Crippen molar-refractivity contribution >= 4 is 10.9 Å². The second-order valence-corrected chi connectivity index (χ2v) is 4.33. The molecular weight excluding hydrogens is 250 g/mol. The molecule has 96 valence electrons. The van der Waals surface area contributed by atoms with Crippen molar-refractivity contribution in [1.82, 2.24) is 9.97 Å². The van der Waals surface area contributed by atoms with Gasteiger partial charge in [-0.15, -0.1) is 0 Å². The molecule has 0 saturated carbocycles. The maximum Gasteiger partial charge on any atom is 0.237 e. The summed E-state index contributed by atoms with van der Waals surface area (Å²) in [4.78, 5) is 8.57. The number of rotatable bonds is 2. The average Bonchev–Trinajstić information content (AvgIpc) is 2.49. The fraction of sp³-hybridized carbons (Fsp3) is 0.0625. The second-order valence-electron chi connectivity index (χ2n) is 4.33. The summed E-state index contributed by atoms with van der Waals surface area (Å²) in [6.07, 6.45) is 1.70. The van der Waals surface area contributed by atoms with Crippen LogP contribution in [-0.4, -0.2) is 9.97 Å². The van der Waals surface area contributed by atoms with Gasteiger partial charge in [0.05, 0.1) is 11.2 Å². The highest BCUT2D eigenvalue weighted by Gasteiger charge is 2.10. The molecule has 0 unspecified atom stereocenters.